The van der Waals surface area contributed by atoms with Gasteiger partial charge in [-0.2, -0.15) is 0 Å². The van der Waals surface area contributed by atoms with Gasteiger partial charge in [0, 0.05) is 18.0 Å². The van der Waals surface area contributed by atoms with Gasteiger partial charge < -0.3 is 10.0 Å². The predicted octanol–water partition coefficient (Wildman–Crippen LogP) is 2.34. The Labute approximate surface area is 111 Å². The van der Waals surface area contributed by atoms with Gasteiger partial charge in [-0.1, -0.05) is 6.07 Å². The topological polar surface area (TPSA) is 57.6 Å². The summed E-state index contributed by atoms with van der Waals surface area (Å²) in [4.78, 5) is 25.0. The average Bonchev–Trinajstić information content (AvgIpc) is 2.35. The molecule has 18 heavy (non-hydrogen) atoms. The second kappa shape index (κ2) is 6.44. The van der Waals surface area contributed by atoms with E-state index in [1.54, 1.807) is 30.1 Å². The number of nitrogens with zero attached hydrogens (tertiary/aromatic N) is 1. The van der Waals surface area contributed by atoms with E-state index >= 15 is 0 Å². The number of hydrogen-bond acceptors (Lipinski definition) is 3. The van der Waals surface area contributed by atoms with Gasteiger partial charge in [0.05, 0.1) is 11.3 Å². The van der Waals surface area contributed by atoms with Gasteiger partial charge in [0.25, 0.3) is 0 Å². The number of carboxylic acids is 1. The molecular formula is C13H17NO3S. The molecule has 0 unspecified atom stereocenters. The minimum Gasteiger partial charge on any atom is -0.478 e. The third kappa shape index (κ3) is 4.07. The van der Waals surface area contributed by atoms with Crippen molar-refractivity contribution in [1.82, 2.24) is 4.90 Å². The van der Waals surface area contributed by atoms with Crippen LogP contribution in [0.5, 0.6) is 0 Å². The molecule has 1 N–H and O–H groups in total. The van der Waals surface area contributed by atoms with Crippen molar-refractivity contribution in [2.75, 3.05) is 12.8 Å². The van der Waals surface area contributed by atoms with Crippen molar-refractivity contribution in [3.63, 3.8) is 0 Å². The largest absolute Gasteiger partial charge is 0.478 e. The van der Waals surface area contributed by atoms with E-state index in [2.05, 4.69) is 0 Å². The lowest BCUT2D eigenvalue weighted by atomic mass is 10.2. The normalized spacial score (nSPS) is 10.4. The summed E-state index contributed by atoms with van der Waals surface area (Å²) in [5.41, 5.74) is 0.240. The van der Waals surface area contributed by atoms with Gasteiger partial charge in [-0.15, -0.1) is 11.8 Å². The molecule has 1 aromatic carbocycles. The molecule has 0 saturated carbocycles. The fourth-order valence-electron chi connectivity index (χ4n) is 1.25. The van der Waals surface area contributed by atoms with Crippen LogP contribution in [0, 0.1) is 0 Å². The quantitative estimate of drug-likeness (QED) is 0.832. The molecule has 1 rings (SSSR count). The lowest BCUT2D eigenvalue weighted by molar-refractivity contribution is -0.128. The van der Waals surface area contributed by atoms with Crippen molar-refractivity contribution < 1.29 is 14.7 Å². The summed E-state index contributed by atoms with van der Waals surface area (Å²) < 4.78 is 0. The molecule has 1 amide bonds. The standard InChI is InChI=1S/C13H17NO3S/c1-9(2)14(3)12(15)8-18-11-6-4-5-10(7-11)13(16)17/h4-7,9H,8H2,1-3H3,(H,16,17). The van der Waals surface area contributed by atoms with Crippen LogP contribution in [0.4, 0.5) is 0 Å². The van der Waals surface area contributed by atoms with E-state index in [1.807, 2.05) is 13.8 Å². The zero-order valence-corrected chi connectivity index (χ0v) is 11.5. The maximum absolute atomic E-state index is 11.8. The number of carbonyl (C=O) groups excluding carboxylic acids is 1. The summed E-state index contributed by atoms with van der Waals surface area (Å²) in [6, 6.07) is 6.77. The molecule has 0 radical (unpaired) electrons. The number of rotatable bonds is 5. The van der Waals surface area contributed by atoms with Crippen LogP contribution in [-0.4, -0.2) is 40.7 Å². The summed E-state index contributed by atoms with van der Waals surface area (Å²) in [6.45, 7) is 3.90. The van der Waals surface area contributed by atoms with Gasteiger partial charge in [0.2, 0.25) is 5.91 Å². The highest BCUT2D eigenvalue weighted by Gasteiger charge is 2.12. The highest BCUT2D eigenvalue weighted by molar-refractivity contribution is 8.00. The zero-order valence-electron chi connectivity index (χ0n) is 10.7. The van der Waals surface area contributed by atoms with Crippen molar-refractivity contribution in [3.8, 4) is 0 Å². The molecule has 98 valence electrons. The molecule has 0 heterocycles. The van der Waals surface area contributed by atoms with Crippen LogP contribution in [0.15, 0.2) is 29.2 Å². The van der Waals surface area contributed by atoms with Crippen LogP contribution in [0.25, 0.3) is 0 Å². The van der Waals surface area contributed by atoms with E-state index in [4.69, 9.17) is 5.11 Å². The van der Waals surface area contributed by atoms with Crippen molar-refractivity contribution in [1.29, 1.82) is 0 Å². The lowest BCUT2D eigenvalue weighted by Gasteiger charge is -2.21. The fourth-order valence-corrected chi connectivity index (χ4v) is 2.13. The first kappa shape index (κ1) is 14.6. The molecule has 0 spiro atoms. The smallest absolute Gasteiger partial charge is 0.335 e. The first-order valence-corrected chi connectivity index (χ1v) is 6.62. The number of hydrogen-bond donors (Lipinski definition) is 1. The summed E-state index contributed by atoms with van der Waals surface area (Å²) in [6.07, 6.45) is 0. The van der Waals surface area contributed by atoms with Crippen molar-refractivity contribution >= 4 is 23.6 Å². The van der Waals surface area contributed by atoms with Crippen molar-refractivity contribution in [2.45, 2.75) is 24.8 Å². The van der Waals surface area contributed by atoms with E-state index in [0.29, 0.717) is 5.75 Å². The van der Waals surface area contributed by atoms with E-state index in [0.717, 1.165) is 4.90 Å². The Kier molecular flexibility index (Phi) is 5.22. The Bertz CT molecular complexity index is 446. The maximum Gasteiger partial charge on any atom is 0.335 e. The molecule has 0 aliphatic carbocycles. The average molecular weight is 267 g/mol. The number of aromatic carboxylic acids is 1. The molecule has 4 nitrogen and oxygen atoms in total. The second-order valence-electron chi connectivity index (χ2n) is 4.22. The predicted molar refractivity (Wildman–Crippen MR) is 72.0 cm³/mol. The third-order valence-electron chi connectivity index (χ3n) is 2.61. The molecule has 0 bridgehead atoms. The Hall–Kier alpha value is -1.49. The van der Waals surface area contributed by atoms with Crippen LogP contribution in [0.2, 0.25) is 0 Å². The van der Waals surface area contributed by atoms with Crippen molar-refractivity contribution in [2.24, 2.45) is 0 Å². The molecule has 0 fully saturated rings. The lowest BCUT2D eigenvalue weighted by Crippen LogP contribution is -2.34. The van der Waals surface area contributed by atoms with E-state index in [9.17, 15) is 9.59 Å². The summed E-state index contributed by atoms with van der Waals surface area (Å²) in [5, 5.41) is 8.86. The summed E-state index contributed by atoms with van der Waals surface area (Å²) in [5.74, 6) is -0.601. The van der Waals surface area contributed by atoms with Crippen LogP contribution in [0.3, 0.4) is 0 Å². The number of carboxylic acid groups (broad SMARTS) is 1. The van der Waals surface area contributed by atoms with Gasteiger partial charge in [0.1, 0.15) is 0 Å². The third-order valence-corrected chi connectivity index (χ3v) is 3.59. The molecule has 0 aliphatic rings. The number of thioether (sulfide) groups is 1. The Morgan fingerprint density at radius 1 is 1.39 bits per heavy atom. The number of carbonyl (C=O) groups is 2. The minimum absolute atomic E-state index is 0.0377. The van der Waals surface area contributed by atoms with Crippen LogP contribution in [-0.2, 0) is 4.79 Å². The molecule has 0 aliphatic heterocycles. The van der Waals surface area contributed by atoms with E-state index in [1.165, 1.54) is 17.8 Å². The Morgan fingerprint density at radius 2 is 2.06 bits per heavy atom. The maximum atomic E-state index is 11.8. The molecule has 0 atom stereocenters. The van der Waals surface area contributed by atoms with Gasteiger partial charge in [-0.3, -0.25) is 4.79 Å². The van der Waals surface area contributed by atoms with Crippen molar-refractivity contribution in [3.05, 3.63) is 29.8 Å². The minimum atomic E-state index is -0.955. The van der Waals surface area contributed by atoms with Gasteiger partial charge in [-0.05, 0) is 32.0 Å². The SMILES string of the molecule is CC(C)N(C)C(=O)CSc1cccc(C(=O)O)c1. The summed E-state index contributed by atoms with van der Waals surface area (Å²) in [7, 11) is 1.77. The first-order chi connectivity index (χ1) is 8.41. The Morgan fingerprint density at radius 3 is 2.61 bits per heavy atom. The zero-order chi connectivity index (χ0) is 13.7. The van der Waals surface area contributed by atoms with Gasteiger partial charge >= 0.3 is 5.97 Å². The highest BCUT2D eigenvalue weighted by Crippen LogP contribution is 2.19. The van der Waals surface area contributed by atoms with E-state index in [-0.39, 0.29) is 17.5 Å². The van der Waals surface area contributed by atoms with Crippen LogP contribution < -0.4 is 0 Å². The van der Waals surface area contributed by atoms with Gasteiger partial charge in [0.15, 0.2) is 0 Å². The van der Waals surface area contributed by atoms with E-state index < -0.39 is 5.97 Å². The van der Waals surface area contributed by atoms with Gasteiger partial charge in [-0.25, -0.2) is 4.79 Å². The van der Waals surface area contributed by atoms with Crippen LogP contribution in [0.1, 0.15) is 24.2 Å². The second-order valence-corrected chi connectivity index (χ2v) is 5.27. The molecule has 0 aromatic heterocycles. The molecule has 1 aromatic rings. The number of amides is 1. The fraction of sp³-hybridized carbons (Fsp3) is 0.385. The molecule has 0 saturated heterocycles. The summed E-state index contributed by atoms with van der Waals surface area (Å²) >= 11 is 1.35. The monoisotopic (exact) mass is 267 g/mol. The Balaban J connectivity index is 2.61. The highest BCUT2D eigenvalue weighted by atomic mass is 32.2. The first-order valence-electron chi connectivity index (χ1n) is 5.63. The molecule has 5 heteroatoms. The van der Waals surface area contributed by atoms with Crippen LogP contribution >= 0.6 is 11.8 Å². The molecular weight excluding hydrogens is 250 g/mol. The number of benzene rings is 1.